The molecule has 0 saturated heterocycles. The molecule has 0 saturated carbocycles. The summed E-state index contributed by atoms with van der Waals surface area (Å²) in [4.78, 5) is 53.7. The lowest BCUT2D eigenvalue weighted by Crippen LogP contribution is -2.40. The van der Waals surface area contributed by atoms with Crippen LogP contribution in [0.2, 0.25) is 0 Å². The minimum Gasteiger partial charge on any atom is -0.325 e. The molecule has 0 aliphatic carbocycles. The highest BCUT2D eigenvalue weighted by Crippen LogP contribution is 2.33. The van der Waals surface area contributed by atoms with Crippen LogP contribution in [0.3, 0.4) is 0 Å². The number of halogens is 1. The van der Waals surface area contributed by atoms with Crippen LogP contribution in [0.1, 0.15) is 51.6 Å². The van der Waals surface area contributed by atoms with Crippen LogP contribution in [-0.4, -0.2) is 23.3 Å². The summed E-state index contributed by atoms with van der Waals surface area (Å²) < 4.78 is 13.2. The molecule has 4 aromatic rings. The molecule has 0 fully saturated rings. The van der Waals surface area contributed by atoms with Crippen LogP contribution >= 0.6 is 0 Å². The molecule has 5 nitrogen and oxygen atoms in total. The minimum atomic E-state index is -1.25. The molecule has 1 amide bonds. The van der Waals surface area contributed by atoms with Crippen molar-refractivity contribution in [2.45, 2.75) is 26.2 Å². The molecule has 0 spiro atoms. The number of carbonyl (C=O) groups excluding carboxylic acids is 4. The van der Waals surface area contributed by atoms with Crippen molar-refractivity contribution < 1.29 is 23.6 Å². The van der Waals surface area contributed by atoms with E-state index >= 15 is 0 Å². The number of benzene rings is 4. The fourth-order valence-corrected chi connectivity index (χ4v) is 4.59. The quantitative estimate of drug-likeness (QED) is 0.171. The zero-order valence-electron chi connectivity index (χ0n) is 22.3. The second-order valence-corrected chi connectivity index (χ2v) is 9.95. The summed E-state index contributed by atoms with van der Waals surface area (Å²) in [6.45, 7) is 3.43. The van der Waals surface area contributed by atoms with Gasteiger partial charge in [0.25, 0.3) is 0 Å². The number of carbonyl (C=O) groups is 4. The molecule has 0 radical (unpaired) electrons. The largest absolute Gasteiger partial charge is 0.325 e. The fraction of sp³-hybridized carbons (Fsp3) is 0.176. The van der Waals surface area contributed by atoms with Crippen LogP contribution < -0.4 is 5.32 Å². The summed E-state index contributed by atoms with van der Waals surface area (Å²) in [5.41, 5.74) is 2.48. The molecule has 0 aliphatic rings. The average Bonchev–Trinajstić information content (AvgIpc) is 2.96. The van der Waals surface area contributed by atoms with Gasteiger partial charge in [0.2, 0.25) is 5.91 Å². The van der Waals surface area contributed by atoms with Gasteiger partial charge in [-0.3, -0.25) is 19.2 Å². The first-order chi connectivity index (χ1) is 19.2. The second-order valence-electron chi connectivity index (χ2n) is 9.95. The Hall–Kier alpha value is -4.71. The van der Waals surface area contributed by atoms with E-state index in [4.69, 9.17) is 0 Å². The van der Waals surface area contributed by atoms with Gasteiger partial charge in [-0.15, -0.1) is 0 Å². The van der Waals surface area contributed by atoms with Crippen LogP contribution in [0, 0.1) is 17.7 Å². The Morgan fingerprint density at radius 3 is 1.82 bits per heavy atom. The van der Waals surface area contributed by atoms with Crippen molar-refractivity contribution in [3.8, 4) is 0 Å². The standard InChI is InChI=1S/C34H30FNO4/c1-22(2)32(38)31(34(40)36-28-11-7-4-8-12-28)30(25-9-5-3-6-10-25)33(39)26-15-13-23(14-16-26)21-29(37)24-17-19-27(35)20-18-24/h3-20,22,30-31H,21H2,1-2H3,(H,36,40). The third kappa shape index (κ3) is 6.83. The number of rotatable bonds is 11. The summed E-state index contributed by atoms with van der Waals surface area (Å²) in [5, 5.41) is 2.81. The van der Waals surface area contributed by atoms with Gasteiger partial charge in [-0.1, -0.05) is 86.6 Å². The normalized spacial score (nSPS) is 12.4. The van der Waals surface area contributed by atoms with Crippen molar-refractivity contribution in [3.63, 3.8) is 0 Å². The Balaban J connectivity index is 1.65. The SMILES string of the molecule is CC(C)C(=O)C(C(=O)Nc1ccccc1)C(C(=O)c1ccc(CC(=O)c2ccc(F)cc2)cc1)c1ccccc1. The van der Waals surface area contributed by atoms with Gasteiger partial charge in [0, 0.05) is 29.2 Å². The van der Waals surface area contributed by atoms with E-state index in [1.165, 1.54) is 24.3 Å². The van der Waals surface area contributed by atoms with Gasteiger partial charge in [0.05, 0.1) is 5.92 Å². The first kappa shape index (κ1) is 28.3. The lowest BCUT2D eigenvalue weighted by Gasteiger charge is -2.26. The molecule has 1 N–H and O–H groups in total. The fourth-order valence-electron chi connectivity index (χ4n) is 4.59. The Bertz CT molecular complexity index is 1480. The Morgan fingerprint density at radius 1 is 0.700 bits per heavy atom. The van der Waals surface area contributed by atoms with E-state index in [0.717, 1.165) is 0 Å². The Morgan fingerprint density at radius 2 is 1.25 bits per heavy atom. The molecule has 0 aliphatic heterocycles. The van der Waals surface area contributed by atoms with E-state index in [2.05, 4.69) is 5.32 Å². The smallest absolute Gasteiger partial charge is 0.236 e. The molecule has 6 heteroatoms. The highest BCUT2D eigenvalue weighted by molar-refractivity contribution is 6.14. The van der Waals surface area contributed by atoms with Gasteiger partial charge in [0.1, 0.15) is 17.5 Å². The predicted octanol–water partition coefficient (Wildman–Crippen LogP) is 6.70. The highest BCUT2D eigenvalue weighted by Gasteiger charge is 2.41. The molecule has 4 aromatic carbocycles. The molecule has 0 heterocycles. The van der Waals surface area contributed by atoms with Crippen molar-refractivity contribution >= 4 is 28.9 Å². The summed E-state index contributed by atoms with van der Waals surface area (Å²) in [6.07, 6.45) is 0.0795. The van der Waals surface area contributed by atoms with Crippen LogP contribution in [0.4, 0.5) is 10.1 Å². The zero-order chi connectivity index (χ0) is 28.6. The molecule has 4 rings (SSSR count). The highest BCUT2D eigenvalue weighted by atomic mass is 19.1. The third-order valence-corrected chi connectivity index (χ3v) is 6.74. The Kier molecular flexibility index (Phi) is 9.12. The van der Waals surface area contributed by atoms with Gasteiger partial charge in [-0.25, -0.2) is 4.39 Å². The van der Waals surface area contributed by atoms with Gasteiger partial charge in [-0.05, 0) is 47.5 Å². The van der Waals surface area contributed by atoms with Crippen molar-refractivity contribution in [2.24, 2.45) is 11.8 Å². The van der Waals surface area contributed by atoms with Gasteiger partial charge >= 0.3 is 0 Å². The maximum Gasteiger partial charge on any atom is 0.236 e. The molecular weight excluding hydrogens is 505 g/mol. The topological polar surface area (TPSA) is 80.3 Å². The average molecular weight is 536 g/mol. The number of hydrogen-bond acceptors (Lipinski definition) is 4. The van der Waals surface area contributed by atoms with E-state index in [1.807, 2.05) is 6.07 Å². The number of nitrogens with one attached hydrogen (secondary N) is 1. The summed E-state index contributed by atoms with van der Waals surface area (Å²) >= 11 is 0. The second kappa shape index (κ2) is 12.9. The maximum atomic E-state index is 14.0. The van der Waals surface area contributed by atoms with Crippen LogP contribution in [0.25, 0.3) is 0 Å². The lowest BCUT2D eigenvalue weighted by atomic mass is 9.75. The summed E-state index contributed by atoms with van der Waals surface area (Å²) in [7, 11) is 0. The van der Waals surface area contributed by atoms with Crippen molar-refractivity contribution in [2.75, 3.05) is 5.32 Å². The molecule has 0 aromatic heterocycles. The molecular formula is C34H30FNO4. The minimum absolute atomic E-state index is 0.0795. The van der Waals surface area contributed by atoms with Crippen molar-refractivity contribution in [1.29, 1.82) is 0 Å². The molecule has 202 valence electrons. The van der Waals surface area contributed by atoms with Crippen molar-refractivity contribution in [1.82, 2.24) is 0 Å². The number of amides is 1. The Labute approximate surface area is 233 Å². The van der Waals surface area contributed by atoms with E-state index < -0.39 is 29.5 Å². The maximum absolute atomic E-state index is 14.0. The van der Waals surface area contributed by atoms with Gasteiger partial charge < -0.3 is 5.32 Å². The van der Waals surface area contributed by atoms with Gasteiger partial charge in [0.15, 0.2) is 11.6 Å². The first-order valence-corrected chi connectivity index (χ1v) is 13.1. The number of anilines is 1. The molecule has 2 atom stereocenters. The lowest BCUT2D eigenvalue weighted by molar-refractivity contribution is -0.133. The monoisotopic (exact) mass is 535 g/mol. The van der Waals surface area contributed by atoms with Crippen molar-refractivity contribution in [3.05, 3.63) is 137 Å². The van der Waals surface area contributed by atoms with E-state index in [1.54, 1.807) is 92.7 Å². The van der Waals surface area contributed by atoms with Crippen LogP contribution in [-0.2, 0) is 16.0 Å². The molecule has 2 unspecified atom stereocenters. The van der Waals surface area contributed by atoms with Crippen LogP contribution in [0.15, 0.2) is 109 Å². The number of hydrogen-bond donors (Lipinski definition) is 1. The predicted molar refractivity (Wildman–Crippen MR) is 153 cm³/mol. The number of ketones is 3. The molecule has 40 heavy (non-hydrogen) atoms. The molecule has 0 bridgehead atoms. The number of para-hydroxylation sites is 1. The van der Waals surface area contributed by atoms with Gasteiger partial charge in [-0.2, -0.15) is 0 Å². The van der Waals surface area contributed by atoms with E-state index in [-0.39, 0.29) is 23.8 Å². The third-order valence-electron chi connectivity index (χ3n) is 6.74. The van der Waals surface area contributed by atoms with E-state index in [0.29, 0.717) is 27.9 Å². The summed E-state index contributed by atoms with van der Waals surface area (Å²) in [6, 6.07) is 29.6. The first-order valence-electron chi connectivity index (χ1n) is 13.1. The number of Topliss-reactive ketones (excluding diaryl/α,β-unsaturated/α-hetero) is 3. The summed E-state index contributed by atoms with van der Waals surface area (Å²) in [5.74, 6) is -4.64. The van der Waals surface area contributed by atoms with E-state index in [9.17, 15) is 23.6 Å². The van der Waals surface area contributed by atoms with Crippen LogP contribution in [0.5, 0.6) is 0 Å². The zero-order valence-corrected chi connectivity index (χ0v) is 22.3.